The average Bonchev–Trinajstić information content (AvgIpc) is 2.47. The number of hydrogen-bond acceptors (Lipinski definition) is 3. The standard InChI is InChI=1S/C15H20N2O/c1-2-12-5-7-15(11-16,8-6-12)14(18)13-4-3-9-17-10-13/h3-4,9-10,12,14,18H,2,5-8H2,1H3. The summed E-state index contributed by atoms with van der Waals surface area (Å²) < 4.78 is 0. The molecule has 0 aromatic carbocycles. The van der Waals surface area contributed by atoms with Crippen molar-refractivity contribution in [2.75, 3.05) is 0 Å². The molecule has 0 spiro atoms. The van der Waals surface area contributed by atoms with Crippen molar-refractivity contribution in [3.63, 3.8) is 0 Å². The molecule has 3 nitrogen and oxygen atoms in total. The molecule has 1 aromatic heterocycles. The molecule has 1 aromatic rings. The van der Waals surface area contributed by atoms with E-state index in [1.54, 1.807) is 18.5 Å². The number of aromatic nitrogens is 1. The van der Waals surface area contributed by atoms with Gasteiger partial charge in [0.25, 0.3) is 0 Å². The van der Waals surface area contributed by atoms with Crippen molar-refractivity contribution < 1.29 is 5.11 Å². The predicted octanol–water partition coefficient (Wildman–Crippen LogP) is 3.23. The molecular formula is C15H20N2O. The minimum Gasteiger partial charge on any atom is -0.387 e. The van der Waals surface area contributed by atoms with Gasteiger partial charge in [0.15, 0.2) is 0 Å². The first-order valence-electron chi connectivity index (χ1n) is 6.71. The first kappa shape index (κ1) is 13.0. The van der Waals surface area contributed by atoms with Gasteiger partial charge in [0, 0.05) is 18.0 Å². The lowest BCUT2D eigenvalue weighted by atomic mass is 9.66. The third-order valence-electron chi connectivity index (χ3n) is 4.32. The maximum Gasteiger partial charge on any atom is 0.0991 e. The quantitative estimate of drug-likeness (QED) is 0.888. The molecule has 3 heteroatoms. The van der Waals surface area contributed by atoms with Gasteiger partial charge in [-0.15, -0.1) is 0 Å². The summed E-state index contributed by atoms with van der Waals surface area (Å²) >= 11 is 0. The lowest BCUT2D eigenvalue weighted by molar-refractivity contribution is 0.0240. The van der Waals surface area contributed by atoms with Crippen LogP contribution in [-0.4, -0.2) is 10.1 Å². The molecule has 18 heavy (non-hydrogen) atoms. The molecule has 1 fully saturated rings. The molecule has 0 bridgehead atoms. The van der Waals surface area contributed by atoms with E-state index in [1.165, 1.54) is 6.42 Å². The number of aliphatic hydroxyl groups is 1. The Balaban J connectivity index is 2.17. The maximum atomic E-state index is 10.5. The number of nitrogens with zero attached hydrogens (tertiary/aromatic N) is 2. The van der Waals surface area contributed by atoms with Crippen molar-refractivity contribution in [1.29, 1.82) is 5.26 Å². The van der Waals surface area contributed by atoms with Crippen LogP contribution in [0.15, 0.2) is 24.5 Å². The second-order valence-electron chi connectivity index (χ2n) is 5.31. The van der Waals surface area contributed by atoms with Crippen molar-refractivity contribution in [1.82, 2.24) is 4.98 Å². The number of hydrogen-bond donors (Lipinski definition) is 1. The Hall–Kier alpha value is -1.40. The molecule has 1 heterocycles. The summed E-state index contributed by atoms with van der Waals surface area (Å²) in [5, 5.41) is 20.0. The van der Waals surface area contributed by atoms with E-state index < -0.39 is 11.5 Å². The van der Waals surface area contributed by atoms with Crippen LogP contribution in [-0.2, 0) is 0 Å². The Morgan fingerprint density at radius 1 is 1.56 bits per heavy atom. The molecule has 96 valence electrons. The van der Waals surface area contributed by atoms with Gasteiger partial charge >= 0.3 is 0 Å². The zero-order valence-corrected chi connectivity index (χ0v) is 10.8. The Bertz CT molecular complexity index is 416. The van der Waals surface area contributed by atoms with Gasteiger partial charge in [0.1, 0.15) is 0 Å². The van der Waals surface area contributed by atoms with Crippen LogP contribution in [0.4, 0.5) is 0 Å². The van der Waals surface area contributed by atoms with Crippen molar-refractivity contribution in [3.05, 3.63) is 30.1 Å². The van der Waals surface area contributed by atoms with Crippen LogP contribution in [0, 0.1) is 22.7 Å². The van der Waals surface area contributed by atoms with Gasteiger partial charge in [-0.3, -0.25) is 4.98 Å². The highest BCUT2D eigenvalue weighted by Crippen LogP contribution is 2.47. The average molecular weight is 244 g/mol. The SMILES string of the molecule is CCC1CCC(C#N)(C(O)c2cccnc2)CC1. The Morgan fingerprint density at radius 3 is 2.78 bits per heavy atom. The molecule has 1 aliphatic carbocycles. The van der Waals surface area contributed by atoms with E-state index in [0.29, 0.717) is 5.92 Å². The molecule has 0 radical (unpaired) electrons. The third-order valence-corrected chi connectivity index (χ3v) is 4.32. The zero-order valence-electron chi connectivity index (χ0n) is 10.8. The molecule has 1 saturated carbocycles. The number of nitriles is 1. The van der Waals surface area contributed by atoms with Crippen molar-refractivity contribution in [3.8, 4) is 6.07 Å². The van der Waals surface area contributed by atoms with Crippen LogP contribution in [0.1, 0.15) is 50.7 Å². The first-order chi connectivity index (χ1) is 8.72. The largest absolute Gasteiger partial charge is 0.387 e. The molecular weight excluding hydrogens is 224 g/mol. The lowest BCUT2D eigenvalue weighted by Crippen LogP contribution is -2.32. The van der Waals surface area contributed by atoms with E-state index in [1.807, 2.05) is 6.07 Å². The van der Waals surface area contributed by atoms with Gasteiger partial charge < -0.3 is 5.11 Å². The van der Waals surface area contributed by atoms with Crippen LogP contribution >= 0.6 is 0 Å². The van der Waals surface area contributed by atoms with Gasteiger partial charge in [0.2, 0.25) is 0 Å². The second kappa shape index (κ2) is 5.49. The molecule has 0 amide bonds. The fraction of sp³-hybridized carbons (Fsp3) is 0.600. The summed E-state index contributed by atoms with van der Waals surface area (Å²) in [6.07, 6.45) is 7.47. The summed E-state index contributed by atoms with van der Waals surface area (Å²) in [5.74, 6) is 0.715. The molecule has 1 N–H and O–H groups in total. The van der Waals surface area contributed by atoms with Crippen LogP contribution in [0.3, 0.4) is 0 Å². The van der Waals surface area contributed by atoms with E-state index in [0.717, 1.165) is 31.2 Å². The monoisotopic (exact) mass is 244 g/mol. The smallest absolute Gasteiger partial charge is 0.0991 e. The van der Waals surface area contributed by atoms with Crippen molar-refractivity contribution in [2.45, 2.75) is 45.1 Å². The van der Waals surface area contributed by atoms with Gasteiger partial charge in [-0.05, 0) is 37.7 Å². The van der Waals surface area contributed by atoms with Gasteiger partial charge in [-0.25, -0.2) is 0 Å². The highest BCUT2D eigenvalue weighted by atomic mass is 16.3. The van der Waals surface area contributed by atoms with E-state index in [2.05, 4.69) is 18.0 Å². The topological polar surface area (TPSA) is 56.9 Å². The summed E-state index contributed by atoms with van der Waals surface area (Å²) in [4.78, 5) is 4.03. The highest BCUT2D eigenvalue weighted by Gasteiger charge is 2.42. The van der Waals surface area contributed by atoms with Crippen LogP contribution in [0.5, 0.6) is 0 Å². The van der Waals surface area contributed by atoms with Crippen LogP contribution in [0.25, 0.3) is 0 Å². The molecule has 2 rings (SSSR count). The second-order valence-corrected chi connectivity index (χ2v) is 5.31. The van der Waals surface area contributed by atoms with Crippen LogP contribution < -0.4 is 0 Å². The first-order valence-corrected chi connectivity index (χ1v) is 6.71. The molecule has 1 unspecified atom stereocenters. The number of aliphatic hydroxyl groups excluding tert-OH is 1. The fourth-order valence-corrected chi connectivity index (χ4v) is 2.90. The molecule has 1 aliphatic rings. The van der Waals surface area contributed by atoms with E-state index in [-0.39, 0.29) is 0 Å². The summed E-state index contributed by atoms with van der Waals surface area (Å²) in [6, 6.07) is 6.04. The Labute approximate surface area is 108 Å². The summed E-state index contributed by atoms with van der Waals surface area (Å²) in [7, 11) is 0. The molecule has 0 aliphatic heterocycles. The van der Waals surface area contributed by atoms with Gasteiger partial charge in [0.05, 0.1) is 17.6 Å². The summed E-state index contributed by atoms with van der Waals surface area (Å²) in [5.41, 5.74) is 0.142. The minimum atomic E-state index is -0.714. The van der Waals surface area contributed by atoms with Gasteiger partial charge in [-0.1, -0.05) is 19.4 Å². The lowest BCUT2D eigenvalue weighted by Gasteiger charge is -2.38. The van der Waals surface area contributed by atoms with E-state index >= 15 is 0 Å². The normalized spacial score (nSPS) is 29.5. The van der Waals surface area contributed by atoms with Crippen molar-refractivity contribution >= 4 is 0 Å². The van der Waals surface area contributed by atoms with Gasteiger partial charge in [-0.2, -0.15) is 5.26 Å². The van der Waals surface area contributed by atoms with Crippen molar-refractivity contribution in [2.24, 2.45) is 11.3 Å². The Morgan fingerprint density at radius 2 is 2.28 bits per heavy atom. The predicted molar refractivity (Wildman–Crippen MR) is 69.5 cm³/mol. The third kappa shape index (κ3) is 2.39. The maximum absolute atomic E-state index is 10.5. The molecule has 0 saturated heterocycles. The number of pyridine rings is 1. The minimum absolute atomic E-state index is 0.616. The number of rotatable bonds is 3. The molecule has 1 atom stereocenters. The summed E-state index contributed by atoms with van der Waals surface area (Å²) in [6.45, 7) is 2.20. The zero-order chi connectivity index (χ0) is 13.0. The highest BCUT2D eigenvalue weighted by molar-refractivity contribution is 5.20. The Kier molecular flexibility index (Phi) is 3.98. The van der Waals surface area contributed by atoms with E-state index in [9.17, 15) is 10.4 Å². The van der Waals surface area contributed by atoms with Crippen LogP contribution in [0.2, 0.25) is 0 Å². The fourth-order valence-electron chi connectivity index (χ4n) is 2.90. The van der Waals surface area contributed by atoms with E-state index in [4.69, 9.17) is 0 Å².